The van der Waals surface area contributed by atoms with Crippen LogP contribution in [0.3, 0.4) is 0 Å². The van der Waals surface area contributed by atoms with Crippen LogP contribution in [0.2, 0.25) is 0 Å². The first-order valence-electron chi connectivity index (χ1n) is 10.2. The summed E-state index contributed by atoms with van der Waals surface area (Å²) in [5, 5.41) is 12.5. The Morgan fingerprint density at radius 3 is 2.70 bits per heavy atom. The second-order valence-corrected chi connectivity index (χ2v) is 7.14. The minimum absolute atomic E-state index is 0.0194. The van der Waals surface area contributed by atoms with Crippen LogP contribution in [0.5, 0.6) is 0 Å². The number of nitrogens with two attached hydrogens (primary N) is 1. The SMILES string of the molecule is COCCn1c(C)cc(/C=C(\C#N)C(=O)OCc2nc(N)nc(Nc3ccccc3)n2)c1C. The van der Waals surface area contributed by atoms with Gasteiger partial charge in [-0.1, -0.05) is 18.2 Å². The van der Waals surface area contributed by atoms with E-state index in [1.54, 1.807) is 7.11 Å². The van der Waals surface area contributed by atoms with Gasteiger partial charge in [0.15, 0.2) is 12.4 Å². The number of ether oxygens (including phenoxy) is 2. The van der Waals surface area contributed by atoms with E-state index in [4.69, 9.17) is 15.2 Å². The maximum Gasteiger partial charge on any atom is 0.349 e. The molecule has 2 heterocycles. The first-order valence-corrected chi connectivity index (χ1v) is 10.2. The van der Waals surface area contributed by atoms with Gasteiger partial charge in [0.25, 0.3) is 0 Å². The normalized spacial score (nSPS) is 11.2. The van der Waals surface area contributed by atoms with Gasteiger partial charge >= 0.3 is 5.97 Å². The van der Waals surface area contributed by atoms with Crippen LogP contribution in [-0.2, 0) is 27.4 Å². The van der Waals surface area contributed by atoms with Gasteiger partial charge in [-0.2, -0.15) is 20.2 Å². The highest BCUT2D eigenvalue weighted by Crippen LogP contribution is 2.19. The largest absolute Gasteiger partial charge is 0.453 e. The zero-order chi connectivity index (χ0) is 23.8. The predicted octanol–water partition coefficient (Wildman–Crippen LogP) is 2.91. The molecule has 0 radical (unpaired) electrons. The number of nitriles is 1. The van der Waals surface area contributed by atoms with Crippen molar-refractivity contribution in [3.8, 4) is 6.07 Å². The third-order valence-corrected chi connectivity index (χ3v) is 4.83. The van der Waals surface area contributed by atoms with Crippen molar-refractivity contribution in [3.05, 3.63) is 64.7 Å². The standard InChI is InChI=1S/C23H25N7O3/c1-15-11-17(16(2)30(15)9-10-32-3)12-18(13-24)21(31)33-14-20-27-22(25)29-23(28-20)26-19-7-5-4-6-8-19/h4-8,11-12H,9-10,14H2,1-3H3,(H3,25,26,27,28,29)/b18-12+. The lowest BCUT2D eigenvalue weighted by Gasteiger charge is -2.08. The van der Waals surface area contributed by atoms with E-state index in [1.807, 2.05) is 56.3 Å². The number of esters is 1. The fourth-order valence-corrected chi connectivity index (χ4v) is 3.21. The highest BCUT2D eigenvalue weighted by molar-refractivity contribution is 5.98. The lowest BCUT2D eigenvalue weighted by atomic mass is 10.1. The Hall–Kier alpha value is -4.23. The van der Waals surface area contributed by atoms with Crippen molar-refractivity contribution < 1.29 is 14.3 Å². The molecule has 0 amide bonds. The quantitative estimate of drug-likeness (QED) is 0.288. The van der Waals surface area contributed by atoms with Crippen LogP contribution < -0.4 is 11.1 Å². The number of hydrogen-bond donors (Lipinski definition) is 2. The molecule has 0 aliphatic heterocycles. The van der Waals surface area contributed by atoms with Gasteiger partial charge in [0, 0.05) is 30.7 Å². The number of nitrogen functional groups attached to an aromatic ring is 1. The Morgan fingerprint density at radius 2 is 2.00 bits per heavy atom. The second kappa shape index (κ2) is 10.9. The molecule has 0 atom stereocenters. The van der Waals surface area contributed by atoms with Crippen LogP contribution in [0, 0.1) is 25.2 Å². The van der Waals surface area contributed by atoms with Crippen molar-refractivity contribution in [3.63, 3.8) is 0 Å². The van der Waals surface area contributed by atoms with E-state index in [0.29, 0.717) is 13.2 Å². The van der Waals surface area contributed by atoms with E-state index < -0.39 is 5.97 Å². The molecule has 33 heavy (non-hydrogen) atoms. The molecule has 0 spiro atoms. The molecule has 0 aliphatic carbocycles. The van der Waals surface area contributed by atoms with Crippen LogP contribution >= 0.6 is 0 Å². The highest BCUT2D eigenvalue weighted by Gasteiger charge is 2.15. The Morgan fingerprint density at radius 1 is 1.24 bits per heavy atom. The Bertz CT molecular complexity index is 1200. The van der Waals surface area contributed by atoms with Crippen molar-refractivity contribution >= 4 is 29.6 Å². The van der Waals surface area contributed by atoms with Gasteiger partial charge in [-0.05, 0) is 43.7 Å². The van der Waals surface area contributed by atoms with Crippen LogP contribution in [-0.4, -0.2) is 39.2 Å². The number of nitrogens with one attached hydrogen (secondary N) is 1. The second-order valence-electron chi connectivity index (χ2n) is 7.14. The molecule has 0 unspecified atom stereocenters. The van der Waals surface area contributed by atoms with Crippen LogP contribution in [0.1, 0.15) is 22.8 Å². The van der Waals surface area contributed by atoms with Crippen LogP contribution in [0.4, 0.5) is 17.6 Å². The molecule has 0 bridgehead atoms. The fraction of sp³-hybridized carbons (Fsp3) is 0.261. The lowest BCUT2D eigenvalue weighted by molar-refractivity contribution is -0.139. The number of nitrogens with zero attached hydrogens (tertiary/aromatic N) is 5. The van der Waals surface area contributed by atoms with Crippen LogP contribution in [0.15, 0.2) is 42.0 Å². The smallest absolute Gasteiger partial charge is 0.349 e. The number of rotatable bonds is 9. The monoisotopic (exact) mass is 447 g/mol. The van der Waals surface area contributed by atoms with Gasteiger partial charge in [0.1, 0.15) is 11.6 Å². The zero-order valence-electron chi connectivity index (χ0n) is 18.7. The minimum atomic E-state index is -0.782. The molecule has 0 saturated carbocycles. The number of aryl methyl sites for hydroxylation is 1. The fourth-order valence-electron chi connectivity index (χ4n) is 3.21. The Labute approximate surface area is 191 Å². The Balaban J connectivity index is 1.71. The summed E-state index contributed by atoms with van der Waals surface area (Å²) in [5.74, 6) is -0.423. The number of anilines is 3. The van der Waals surface area contributed by atoms with Gasteiger partial charge in [0.2, 0.25) is 11.9 Å². The number of hydrogen-bond acceptors (Lipinski definition) is 9. The van der Waals surface area contributed by atoms with E-state index in [0.717, 1.165) is 22.6 Å². The number of para-hydroxylation sites is 1. The topological polar surface area (TPSA) is 141 Å². The lowest BCUT2D eigenvalue weighted by Crippen LogP contribution is -2.12. The van der Waals surface area contributed by atoms with E-state index in [1.165, 1.54) is 6.08 Å². The van der Waals surface area contributed by atoms with Crippen molar-refractivity contribution in [2.24, 2.45) is 0 Å². The van der Waals surface area contributed by atoms with Crippen molar-refractivity contribution in [1.82, 2.24) is 19.5 Å². The molecule has 0 aliphatic rings. The summed E-state index contributed by atoms with van der Waals surface area (Å²) >= 11 is 0. The molecular formula is C23H25N7O3. The molecular weight excluding hydrogens is 422 g/mol. The molecule has 1 aromatic carbocycles. The molecule has 2 aromatic heterocycles. The van der Waals surface area contributed by atoms with Gasteiger partial charge in [0.05, 0.1) is 6.61 Å². The Kier molecular flexibility index (Phi) is 7.73. The minimum Gasteiger partial charge on any atom is -0.453 e. The third-order valence-electron chi connectivity index (χ3n) is 4.83. The van der Waals surface area contributed by atoms with Gasteiger partial charge < -0.3 is 25.1 Å². The van der Waals surface area contributed by atoms with Crippen LogP contribution in [0.25, 0.3) is 6.08 Å². The molecule has 0 fully saturated rings. The van der Waals surface area contributed by atoms with E-state index in [9.17, 15) is 10.1 Å². The van der Waals surface area contributed by atoms with Crippen molar-refractivity contribution in [2.75, 3.05) is 24.8 Å². The molecule has 3 aromatic rings. The maximum atomic E-state index is 12.5. The summed E-state index contributed by atoms with van der Waals surface area (Å²) in [6, 6.07) is 13.1. The highest BCUT2D eigenvalue weighted by atomic mass is 16.5. The van der Waals surface area contributed by atoms with Gasteiger partial charge in [-0.25, -0.2) is 4.79 Å². The van der Waals surface area contributed by atoms with Crippen molar-refractivity contribution in [1.29, 1.82) is 5.26 Å². The summed E-state index contributed by atoms with van der Waals surface area (Å²) in [6.45, 7) is 4.85. The average molecular weight is 447 g/mol. The number of methoxy groups -OCH3 is 1. The first-order chi connectivity index (χ1) is 15.9. The number of carbonyl (C=O) groups excluding carboxylic acids is 1. The molecule has 170 valence electrons. The van der Waals surface area contributed by atoms with Crippen molar-refractivity contribution in [2.45, 2.75) is 27.0 Å². The molecule has 10 nitrogen and oxygen atoms in total. The zero-order valence-corrected chi connectivity index (χ0v) is 18.7. The average Bonchev–Trinajstić information content (AvgIpc) is 3.06. The summed E-state index contributed by atoms with van der Waals surface area (Å²) in [5.41, 5.74) is 9.08. The maximum absolute atomic E-state index is 12.5. The van der Waals surface area contributed by atoms with Gasteiger partial charge in [-0.15, -0.1) is 0 Å². The molecule has 3 N–H and O–H groups in total. The first kappa shape index (κ1) is 23.4. The van der Waals surface area contributed by atoms with Gasteiger partial charge in [-0.3, -0.25) is 0 Å². The summed E-state index contributed by atoms with van der Waals surface area (Å²) < 4.78 is 12.5. The summed E-state index contributed by atoms with van der Waals surface area (Å²) in [6.07, 6.45) is 1.51. The van der Waals surface area contributed by atoms with E-state index in [-0.39, 0.29) is 29.9 Å². The molecule has 0 saturated heterocycles. The van der Waals surface area contributed by atoms with E-state index >= 15 is 0 Å². The number of benzene rings is 1. The summed E-state index contributed by atoms with van der Waals surface area (Å²) in [7, 11) is 1.64. The number of carbonyl (C=O) groups is 1. The summed E-state index contributed by atoms with van der Waals surface area (Å²) in [4.78, 5) is 24.8. The third kappa shape index (κ3) is 6.15. The predicted molar refractivity (Wildman–Crippen MR) is 123 cm³/mol. The number of aromatic nitrogens is 4. The molecule has 3 rings (SSSR count). The van der Waals surface area contributed by atoms with E-state index in [2.05, 4.69) is 24.8 Å². The molecule has 10 heteroatoms.